The number of rotatable bonds is 10. The van der Waals surface area contributed by atoms with Crippen LogP contribution in [0.25, 0.3) is 0 Å². The van der Waals surface area contributed by atoms with Gasteiger partial charge in [0, 0.05) is 36.5 Å². The fourth-order valence-corrected chi connectivity index (χ4v) is 2.88. The van der Waals surface area contributed by atoms with E-state index in [1.54, 1.807) is 7.11 Å². The summed E-state index contributed by atoms with van der Waals surface area (Å²) in [6.45, 7) is 8.92. The first-order valence-corrected chi connectivity index (χ1v) is 7.53. The zero-order chi connectivity index (χ0) is 14.1. The summed E-state index contributed by atoms with van der Waals surface area (Å²) in [6.07, 6.45) is 3.19. The van der Waals surface area contributed by atoms with Gasteiger partial charge in [0.25, 0.3) is 0 Å². The first-order chi connectivity index (χ1) is 9.15. The smallest absolute Gasteiger partial charge is 0.0670 e. The standard InChI is InChI=1S/C15H25NO2S/c1-4-5-6-14(17)11-16(9-10-18-3)12-15-8-7-13(2)19-15/h4,7-8,14,17H,1,5-6,9-12H2,2-3H3. The lowest BCUT2D eigenvalue weighted by Gasteiger charge is -2.24. The van der Waals surface area contributed by atoms with E-state index in [2.05, 4.69) is 30.5 Å². The van der Waals surface area contributed by atoms with Gasteiger partial charge in [0.15, 0.2) is 0 Å². The third kappa shape index (κ3) is 6.87. The van der Waals surface area contributed by atoms with Gasteiger partial charge in [-0.3, -0.25) is 4.90 Å². The van der Waals surface area contributed by atoms with Crippen molar-refractivity contribution in [3.63, 3.8) is 0 Å². The molecule has 1 aromatic heterocycles. The van der Waals surface area contributed by atoms with Gasteiger partial charge in [-0.25, -0.2) is 0 Å². The number of aliphatic hydroxyl groups is 1. The van der Waals surface area contributed by atoms with Gasteiger partial charge >= 0.3 is 0 Å². The maximum absolute atomic E-state index is 10.0. The van der Waals surface area contributed by atoms with E-state index >= 15 is 0 Å². The summed E-state index contributed by atoms with van der Waals surface area (Å²) in [5.41, 5.74) is 0. The van der Waals surface area contributed by atoms with E-state index in [-0.39, 0.29) is 6.10 Å². The van der Waals surface area contributed by atoms with Crippen molar-refractivity contribution in [1.82, 2.24) is 4.90 Å². The van der Waals surface area contributed by atoms with E-state index in [0.29, 0.717) is 13.2 Å². The van der Waals surface area contributed by atoms with Crippen molar-refractivity contribution in [3.8, 4) is 0 Å². The van der Waals surface area contributed by atoms with Gasteiger partial charge in [-0.1, -0.05) is 6.08 Å². The lowest BCUT2D eigenvalue weighted by atomic mass is 10.2. The Hall–Kier alpha value is -0.680. The number of hydrogen-bond donors (Lipinski definition) is 1. The predicted octanol–water partition coefficient (Wildman–Crippen LogP) is 2.83. The van der Waals surface area contributed by atoms with Crippen LogP contribution in [0.3, 0.4) is 0 Å². The first-order valence-electron chi connectivity index (χ1n) is 6.71. The fraction of sp³-hybridized carbons (Fsp3) is 0.600. The van der Waals surface area contributed by atoms with Crippen molar-refractivity contribution in [2.75, 3.05) is 26.8 Å². The number of hydrogen-bond acceptors (Lipinski definition) is 4. The molecule has 0 saturated carbocycles. The van der Waals surface area contributed by atoms with Crippen LogP contribution in [0.15, 0.2) is 24.8 Å². The Morgan fingerprint density at radius 3 is 2.89 bits per heavy atom. The molecule has 0 saturated heterocycles. The molecule has 3 nitrogen and oxygen atoms in total. The molecule has 1 atom stereocenters. The highest BCUT2D eigenvalue weighted by Gasteiger charge is 2.12. The van der Waals surface area contributed by atoms with Crippen molar-refractivity contribution >= 4 is 11.3 Å². The number of nitrogens with zero attached hydrogens (tertiary/aromatic N) is 1. The molecule has 1 rings (SSSR count). The Morgan fingerprint density at radius 2 is 2.32 bits per heavy atom. The summed E-state index contributed by atoms with van der Waals surface area (Å²) < 4.78 is 5.14. The van der Waals surface area contributed by atoms with E-state index in [1.165, 1.54) is 9.75 Å². The monoisotopic (exact) mass is 283 g/mol. The van der Waals surface area contributed by atoms with Crippen LogP contribution in [0.4, 0.5) is 0 Å². The summed E-state index contributed by atoms with van der Waals surface area (Å²) in [5.74, 6) is 0. The third-order valence-corrected chi connectivity index (χ3v) is 3.95. The van der Waals surface area contributed by atoms with Crippen LogP contribution in [-0.4, -0.2) is 42.9 Å². The third-order valence-electron chi connectivity index (χ3n) is 2.96. The highest BCUT2D eigenvalue weighted by Crippen LogP contribution is 2.17. The van der Waals surface area contributed by atoms with Gasteiger partial charge in [-0.2, -0.15) is 0 Å². The molecule has 0 aliphatic heterocycles. The van der Waals surface area contributed by atoms with Crippen molar-refractivity contribution in [3.05, 3.63) is 34.5 Å². The molecule has 0 radical (unpaired) electrons. The summed E-state index contributed by atoms with van der Waals surface area (Å²) in [7, 11) is 1.71. The number of aryl methyl sites for hydroxylation is 1. The van der Waals surface area contributed by atoms with Crippen LogP contribution in [0.1, 0.15) is 22.6 Å². The normalized spacial score (nSPS) is 12.8. The maximum atomic E-state index is 10.0. The SMILES string of the molecule is C=CCCC(O)CN(CCOC)Cc1ccc(C)s1. The summed E-state index contributed by atoms with van der Waals surface area (Å²) in [4.78, 5) is 4.92. The maximum Gasteiger partial charge on any atom is 0.0670 e. The molecule has 0 amide bonds. The Morgan fingerprint density at radius 1 is 1.53 bits per heavy atom. The molecule has 0 aliphatic rings. The van der Waals surface area contributed by atoms with Crippen LogP contribution in [0.5, 0.6) is 0 Å². The number of methoxy groups -OCH3 is 1. The molecule has 1 N–H and O–H groups in total. The van der Waals surface area contributed by atoms with Crippen LogP contribution in [0.2, 0.25) is 0 Å². The van der Waals surface area contributed by atoms with Crippen molar-refractivity contribution < 1.29 is 9.84 Å². The molecule has 0 bridgehead atoms. The Labute approximate surface area is 120 Å². The van der Waals surface area contributed by atoms with Crippen LogP contribution in [-0.2, 0) is 11.3 Å². The minimum Gasteiger partial charge on any atom is -0.392 e. The van der Waals surface area contributed by atoms with E-state index in [9.17, 15) is 5.11 Å². The Balaban J connectivity index is 2.48. The number of thiophene rings is 1. The van der Waals surface area contributed by atoms with Crippen molar-refractivity contribution in [2.45, 2.75) is 32.4 Å². The Bertz CT molecular complexity index is 365. The minimum atomic E-state index is -0.295. The van der Waals surface area contributed by atoms with Gasteiger partial charge in [0.1, 0.15) is 0 Å². The van der Waals surface area contributed by atoms with Crippen molar-refractivity contribution in [1.29, 1.82) is 0 Å². The Kier molecular flexibility index (Phi) is 7.98. The van der Waals surface area contributed by atoms with E-state index in [1.807, 2.05) is 17.4 Å². The molecule has 1 aromatic rings. The molecule has 0 aliphatic carbocycles. The van der Waals surface area contributed by atoms with Crippen LogP contribution in [0, 0.1) is 6.92 Å². The van der Waals surface area contributed by atoms with E-state index < -0.39 is 0 Å². The second-order valence-corrected chi connectivity index (χ2v) is 6.13. The zero-order valence-corrected chi connectivity index (χ0v) is 12.8. The lowest BCUT2D eigenvalue weighted by Crippen LogP contribution is -2.34. The average molecular weight is 283 g/mol. The molecule has 1 unspecified atom stereocenters. The molecule has 0 fully saturated rings. The summed E-state index contributed by atoms with van der Waals surface area (Å²) >= 11 is 1.81. The topological polar surface area (TPSA) is 32.7 Å². The fourth-order valence-electron chi connectivity index (χ4n) is 1.95. The summed E-state index contributed by atoms with van der Waals surface area (Å²) in [6, 6.07) is 4.30. The quantitative estimate of drug-likeness (QED) is 0.670. The molecule has 1 heterocycles. The molecule has 19 heavy (non-hydrogen) atoms. The van der Waals surface area contributed by atoms with Gasteiger partial charge in [-0.15, -0.1) is 17.9 Å². The zero-order valence-electron chi connectivity index (χ0n) is 12.0. The van der Waals surface area contributed by atoms with Gasteiger partial charge < -0.3 is 9.84 Å². The molecule has 0 spiro atoms. The van der Waals surface area contributed by atoms with Gasteiger partial charge in [0.05, 0.1) is 12.7 Å². The van der Waals surface area contributed by atoms with Gasteiger partial charge in [0.2, 0.25) is 0 Å². The summed E-state index contributed by atoms with van der Waals surface area (Å²) in [5, 5.41) is 10.0. The molecular weight excluding hydrogens is 258 g/mol. The van der Waals surface area contributed by atoms with Gasteiger partial charge in [-0.05, 0) is 31.9 Å². The number of ether oxygens (including phenoxy) is 1. The van der Waals surface area contributed by atoms with Crippen molar-refractivity contribution in [2.24, 2.45) is 0 Å². The highest BCUT2D eigenvalue weighted by molar-refractivity contribution is 7.11. The average Bonchev–Trinajstić information content (AvgIpc) is 2.79. The number of allylic oxidation sites excluding steroid dienone is 1. The second kappa shape index (κ2) is 9.26. The van der Waals surface area contributed by atoms with Crippen LogP contribution >= 0.6 is 11.3 Å². The molecule has 108 valence electrons. The molecule has 4 heteroatoms. The van der Waals surface area contributed by atoms with Crippen LogP contribution < -0.4 is 0 Å². The molecule has 0 aromatic carbocycles. The van der Waals surface area contributed by atoms with E-state index in [4.69, 9.17) is 4.74 Å². The lowest BCUT2D eigenvalue weighted by molar-refractivity contribution is 0.0814. The minimum absolute atomic E-state index is 0.295. The highest BCUT2D eigenvalue weighted by atomic mass is 32.1. The first kappa shape index (κ1) is 16.4. The largest absolute Gasteiger partial charge is 0.392 e. The number of aliphatic hydroxyl groups excluding tert-OH is 1. The predicted molar refractivity (Wildman–Crippen MR) is 81.6 cm³/mol. The second-order valence-electron chi connectivity index (χ2n) is 4.76. The van der Waals surface area contributed by atoms with E-state index in [0.717, 1.165) is 25.9 Å². The molecular formula is C15H25NO2S.